The first kappa shape index (κ1) is 18.2. The van der Waals surface area contributed by atoms with Crippen LogP contribution in [0.1, 0.15) is 19.3 Å². The zero-order chi connectivity index (χ0) is 17.6. The van der Waals surface area contributed by atoms with E-state index >= 15 is 0 Å². The summed E-state index contributed by atoms with van der Waals surface area (Å²) < 4.78 is 23.3. The highest BCUT2D eigenvalue weighted by Gasteiger charge is 2.40. The monoisotopic (exact) mass is 338 g/mol. The Kier molecular flexibility index (Phi) is 6.14. The summed E-state index contributed by atoms with van der Waals surface area (Å²) in [5.74, 6) is -0.421. The molecule has 1 aromatic rings. The molecule has 2 N–H and O–H groups in total. The minimum atomic E-state index is -0.607. The summed E-state index contributed by atoms with van der Waals surface area (Å²) in [5.41, 5.74) is 4.95. The number of ether oxygens (including phenoxy) is 2. The summed E-state index contributed by atoms with van der Waals surface area (Å²) in [7, 11) is 1.58. The maximum atomic E-state index is 12.8. The van der Waals surface area contributed by atoms with Gasteiger partial charge in [-0.1, -0.05) is 0 Å². The minimum absolute atomic E-state index is 0.118. The topological polar surface area (TPSA) is 81.9 Å². The van der Waals surface area contributed by atoms with Crippen molar-refractivity contribution in [2.75, 3.05) is 33.4 Å². The highest BCUT2D eigenvalue weighted by molar-refractivity contribution is 5.82. The molecule has 24 heavy (non-hydrogen) atoms. The smallest absolute Gasteiger partial charge is 0.260 e. The van der Waals surface area contributed by atoms with Gasteiger partial charge in [0.15, 0.2) is 6.61 Å². The lowest BCUT2D eigenvalue weighted by molar-refractivity contribution is -0.141. The van der Waals surface area contributed by atoms with E-state index in [0.717, 1.165) is 0 Å². The number of primary amides is 1. The van der Waals surface area contributed by atoms with Crippen LogP contribution in [0.5, 0.6) is 5.75 Å². The summed E-state index contributed by atoms with van der Waals surface area (Å²) in [6.07, 6.45) is 1.61. The second kappa shape index (κ2) is 8.10. The highest BCUT2D eigenvalue weighted by Crippen LogP contribution is 2.34. The molecule has 0 spiro atoms. The molecule has 0 bridgehead atoms. The molecule has 0 atom stereocenters. The van der Waals surface area contributed by atoms with Crippen LogP contribution in [0.15, 0.2) is 24.3 Å². The molecule has 0 unspecified atom stereocenters. The fraction of sp³-hybridized carbons (Fsp3) is 0.529. The van der Waals surface area contributed by atoms with Crippen molar-refractivity contribution in [3.05, 3.63) is 30.1 Å². The number of hydrogen-bond acceptors (Lipinski definition) is 4. The summed E-state index contributed by atoms with van der Waals surface area (Å²) >= 11 is 0. The fourth-order valence-electron chi connectivity index (χ4n) is 2.87. The Morgan fingerprint density at radius 1 is 1.25 bits per heavy atom. The third-order valence-corrected chi connectivity index (χ3v) is 4.56. The summed E-state index contributed by atoms with van der Waals surface area (Å²) in [6, 6.07) is 5.50. The number of hydrogen-bond donors (Lipinski definition) is 1. The van der Waals surface area contributed by atoms with E-state index in [-0.39, 0.29) is 24.2 Å². The van der Waals surface area contributed by atoms with Crippen molar-refractivity contribution >= 4 is 11.8 Å². The number of carbonyl (C=O) groups excluding carboxylic acids is 2. The Labute approximate surface area is 140 Å². The SMILES string of the molecule is COCCC1(C(N)=O)CCN(C(=O)COc2ccc(F)cc2)CC1. The van der Waals surface area contributed by atoms with Crippen LogP contribution in [0.2, 0.25) is 0 Å². The molecule has 2 amide bonds. The Morgan fingerprint density at radius 3 is 2.42 bits per heavy atom. The van der Waals surface area contributed by atoms with Crippen LogP contribution in [0.3, 0.4) is 0 Å². The third-order valence-electron chi connectivity index (χ3n) is 4.56. The average Bonchev–Trinajstić information content (AvgIpc) is 2.59. The molecule has 2 rings (SSSR count). The number of amides is 2. The van der Waals surface area contributed by atoms with Gasteiger partial charge >= 0.3 is 0 Å². The van der Waals surface area contributed by atoms with E-state index in [4.69, 9.17) is 15.2 Å². The van der Waals surface area contributed by atoms with Gasteiger partial charge in [0.1, 0.15) is 11.6 Å². The average molecular weight is 338 g/mol. The predicted octanol–water partition coefficient (Wildman–Crippen LogP) is 1.34. The van der Waals surface area contributed by atoms with Crippen LogP contribution in [-0.2, 0) is 14.3 Å². The van der Waals surface area contributed by atoms with E-state index in [1.54, 1.807) is 12.0 Å². The molecule has 1 aliphatic heterocycles. The number of benzene rings is 1. The van der Waals surface area contributed by atoms with Gasteiger partial charge in [-0.2, -0.15) is 0 Å². The van der Waals surface area contributed by atoms with Crippen molar-refractivity contribution in [2.45, 2.75) is 19.3 Å². The number of halogens is 1. The lowest BCUT2D eigenvalue weighted by Crippen LogP contribution is -2.50. The standard InChI is InChI=1S/C17H23FN2O4/c1-23-11-8-17(16(19)22)6-9-20(10-7-17)15(21)12-24-14-4-2-13(18)3-5-14/h2-5H,6-12H2,1H3,(H2,19,22). The van der Waals surface area contributed by atoms with Crippen LogP contribution in [0.25, 0.3) is 0 Å². The van der Waals surface area contributed by atoms with Gasteiger partial charge in [0.2, 0.25) is 5.91 Å². The van der Waals surface area contributed by atoms with Gasteiger partial charge in [-0.3, -0.25) is 9.59 Å². The third kappa shape index (κ3) is 4.44. The molecule has 1 saturated heterocycles. The number of likely N-dealkylation sites (tertiary alicyclic amines) is 1. The van der Waals surface area contributed by atoms with Gasteiger partial charge < -0.3 is 20.1 Å². The lowest BCUT2D eigenvalue weighted by Gasteiger charge is -2.39. The molecule has 0 saturated carbocycles. The van der Waals surface area contributed by atoms with Gasteiger partial charge in [-0.25, -0.2) is 4.39 Å². The van der Waals surface area contributed by atoms with Crippen molar-refractivity contribution < 1.29 is 23.5 Å². The Bertz CT molecular complexity index is 568. The van der Waals surface area contributed by atoms with E-state index in [9.17, 15) is 14.0 Å². The number of methoxy groups -OCH3 is 1. The molecule has 1 aliphatic rings. The van der Waals surface area contributed by atoms with Gasteiger partial charge in [-0.15, -0.1) is 0 Å². The van der Waals surface area contributed by atoms with Crippen LogP contribution in [-0.4, -0.2) is 50.1 Å². The molecule has 6 nitrogen and oxygen atoms in total. The zero-order valence-corrected chi connectivity index (χ0v) is 13.8. The van der Waals surface area contributed by atoms with Crippen molar-refractivity contribution in [2.24, 2.45) is 11.1 Å². The molecule has 0 aliphatic carbocycles. The van der Waals surface area contributed by atoms with E-state index in [1.165, 1.54) is 24.3 Å². The number of nitrogens with two attached hydrogens (primary N) is 1. The molecule has 132 valence electrons. The second-order valence-corrected chi connectivity index (χ2v) is 6.01. The Balaban J connectivity index is 1.85. The number of nitrogens with zero attached hydrogens (tertiary/aromatic N) is 1. The van der Waals surface area contributed by atoms with Gasteiger partial charge in [-0.05, 0) is 43.5 Å². The van der Waals surface area contributed by atoms with Crippen LogP contribution < -0.4 is 10.5 Å². The van der Waals surface area contributed by atoms with Crippen molar-refractivity contribution in [3.63, 3.8) is 0 Å². The fourth-order valence-corrected chi connectivity index (χ4v) is 2.87. The van der Waals surface area contributed by atoms with Crippen molar-refractivity contribution in [1.82, 2.24) is 4.90 Å². The van der Waals surface area contributed by atoms with Crippen molar-refractivity contribution in [3.8, 4) is 5.75 Å². The molecular weight excluding hydrogens is 315 g/mol. The van der Waals surface area contributed by atoms with Gasteiger partial charge in [0.25, 0.3) is 5.91 Å². The van der Waals surface area contributed by atoms with Crippen LogP contribution >= 0.6 is 0 Å². The van der Waals surface area contributed by atoms with E-state index in [1.807, 2.05) is 0 Å². The number of carbonyl (C=O) groups is 2. The van der Waals surface area contributed by atoms with E-state index < -0.39 is 5.41 Å². The Hall–Kier alpha value is -2.15. The number of rotatable bonds is 7. The first-order chi connectivity index (χ1) is 11.5. The first-order valence-corrected chi connectivity index (χ1v) is 7.92. The summed E-state index contributed by atoms with van der Waals surface area (Å²) in [6.45, 7) is 1.26. The largest absolute Gasteiger partial charge is 0.484 e. The quantitative estimate of drug-likeness (QED) is 0.813. The van der Waals surface area contributed by atoms with E-state index in [0.29, 0.717) is 44.7 Å². The maximum absolute atomic E-state index is 12.8. The normalized spacial score (nSPS) is 16.7. The molecule has 1 fully saturated rings. The van der Waals surface area contributed by atoms with E-state index in [2.05, 4.69) is 0 Å². The zero-order valence-electron chi connectivity index (χ0n) is 13.8. The second-order valence-electron chi connectivity index (χ2n) is 6.01. The highest BCUT2D eigenvalue weighted by atomic mass is 19.1. The molecule has 0 aromatic heterocycles. The summed E-state index contributed by atoms with van der Waals surface area (Å²) in [5, 5.41) is 0. The molecular formula is C17H23FN2O4. The lowest BCUT2D eigenvalue weighted by atomic mass is 9.75. The van der Waals surface area contributed by atoms with Crippen LogP contribution in [0, 0.1) is 11.2 Å². The van der Waals surface area contributed by atoms with Gasteiger partial charge in [0, 0.05) is 26.8 Å². The van der Waals surface area contributed by atoms with Gasteiger partial charge in [0.05, 0.1) is 5.41 Å². The predicted molar refractivity (Wildman–Crippen MR) is 85.8 cm³/mol. The molecule has 1 heterocycles. The van der Waals surface area contributed by atoms with Crippen molar-refractivity contribution in [1.29, 1.82) is 0 Å². The molecule has 1 aromatic carbocycles. The first-order valence-electron chi connectivity index (χ1n) is 7.92. The molecule has 0 radical (unpaired) electrons. The number of piperidine rings is 1. The van der Waals surface area contributed by atoms with Crippen LogP contribution in [0.4, 0.5) is 4.39 Å². The maximum Gasteiger partial charge on any atom is 0.260 e. The molecule has 7 heteroatoms. The minimum Gasteiger partial charge on any atom is -0.484 e. The summed E-state index contributed by atoms with van der Waals surface area (Å²) in [4.78, 5) is 25.7. The Morgan fingerprint density at radius 2 is 1.88 bits per heavy atom.